The third kappa shape index (κ3) is 2.06. The van der Waals surface area contributed by atoms with E-state index in [1.807, 2.05) is 0 Å². The van der Waals surface area contributed by atoms with Crippen molar-refractivity contribution in [3.63, 3.8) is 0 Å². The Bertz CT molecular complexity index is 242. The number of aliphatic hydroxyl groups excluding tert-OH is 1. The average Bonchev–Trinajstić information content (AvgIpc) is 2.04. The summed E-state index contributed by atoms with van der Waals surface area (Å²) in [5.74, 6) is 0.143. The number of aliphatic hydroxyl groups is 1. The van der Waals surface area contributed by atoms with Crippen molar-refractivity contribution in [1.82, 2.24) is 4.98 Å². The van der Waals surface area contributed by atoms with Crippen molar-refractivity contribution in [2.24, 2.45) is 0 Å². The molecule has 60 valence electrons. The smallest absolute Gasteiger partial charge is 0.0940 e. The van der Waals surface area contributed by atoms with E-state index in [0.29, 0.717) is 10.6 Å². The molecule has 0 aliphatic rings. The number of alkyl halides is 1. The largest absolute Gasteiger partial charge is 0.387 e. The third-order valence-corrected chi connectivity index (χ3v) is 1.92. The fraction of sp³-hybridized carbons (Fsp3) is 0.286. The highest BCUT2D eigenvalue weighted by atomic mass is 35.5. The molecule has 1 N–H and O–H groups in total. The molecule has 2 nitrogen and oxygen atoms in total. The van der Waals surface area contributed by atoms with Crippen LogP contribution in [-0.2, 0) is 0 Å². The van der Waals surface area contributed by atoms with Gasteiger partial charge in [-0.3, -0.25) is 4.98 Å². The zero-order valence-corrected chi connectivity index (χ0v) is 7.18. The van der Waals surface area contributed by atoms with Gasteiger partial charge in [-0.2, -0.15) is 0 Å². The maximum Gasteiger partial charge on any atom is 0.0940 e. The van der Waals surface area contributed by atoms with Gasteiger partial charge in [-0.1, -0.05) is 11.6 Å². The lowest BCUT2D eigenvalue weighted by molar-refractivity contribution is 0.202. The van der Waals surface area contributed by atoms with E-state index in [0.717, 1.165) is 0 Å². The molecule has 0 saturated heterocycles. The van der Waals surface area contributed by atoms with Crippen molar-refractivity contribution in [1.29, 1.82) is 0 Å². The minimum absolute atomic E-state index is 0.143. The maximum atomic E-state index is 9.27. The summed E-state index contributed by atoms with van der Waals surface area (Å²) in [6.45, 7) is 0. The van der Waals surface area contributed by atoms with E-state index in [1.54, 1.807) is 12.3 Å². The predicted octanol–water partition coefficient (Wildman–Crippen LogP) is 2.01. The van der Waals surface area contributed by atoms with E-state index in [2.05, 4.69) is 4.98 Å². The molecule has 0 aliphatic heterocycles. The van der Waals surface area contributed by atoms with Gasteiger partial charge in [-0.25, -0.2) is 0 Å². The maximum absolute atomic E-state index is 9.27. The Morgan fingerprint density at radius 2 is 2.36 bits per heavy atom. The van der Waals surface area contributed by atoms with E-state index in [1.165, 1.54) is 6.20 Å². The van der Waals surface area contributed by atoms with Crippen LogP contribution in [0.15, 0.2) is 18.5 Å². The van der Waals surface area contributed by atoms with Crippen molar-refractivity contribution in [3.8, 4) is 0 Å². The van der Waals surface area contributed by atoms with Gasteiger partial charge in [0.25, 0.3) is 0 Å². The summed E-state index contributed by atoms with van der Waals surface area (Å²) in [6, 6.07) is 1.65. The number of pyridine rings is 1. The van der Waals surface area contributed by atoms with Crippen LogP contribution in [0.25, 0.3) is 0 Å². The number of hydrogen-bond acceptors (Lipinski definition) is 2. The van der Waals surface area contributed by atoms with E-state index in [9.17, 15) is 5.11 Å². The first-order valence-corrected chi connectivity index (χ1v) is 4.00. The second-order valence-electron chi connectivity index (χ2n) is 2.07. The lowest BCUT2D eigenvalue weighted by Crippen LogP contribution is -1.99. The van der Waals surface area contributed by atoms with Gasteiger partial charge in [0.05, 0.1) is 17.0 Å². The quantitative estimate of drug-likeness (QED) is 0.727. The molecule has 11 heavy (non-hydrogen) atoms. The van der Waals surface area contributed by atoms with Gasteiger partial charge < -0.3 is 5.11 Å². The van der Waals surface area contributed by atoms with Gasteiger partial charge >= 0.3 is 0 Å². The van der Waals surface area contributed by atoms with Crippen LogP contribution in [0.5, 0.6) is 0 Å². The van der Waals surface area contributed by atoms with Crippen LogP contribution in [0.2, 0.25) is 5.02 Å². The highest BCUT2D eigenvalue weighted by Crippen LogP contribution is 2.21. The second-order valence-corrected chi connectivity index (χ2v) is 2.78. The summed E-state index contributed by atoms with van der Waals surface area (Å²) in [5, 5.41) is 9.71. The van der Waals surface area contributed by atoms with Gasteiger partial charge in [-0.15, -0.1) is 11.6 Å². The topological polar surface area (TPSA) is 33.1 Å². The summed E-state index contributed by atoms with van der Waals surface area (Å²) in [7, 11) is 0. The third-order valence-electron chi connectivity index (χ3n) is 1.31. The van der Waals surface area contributed by atoms with Gasteiger partial charge in [-0.05, 0) is 6.07 Å². The van der Waals surface area contributed by atoms with Crippen LogP contribution in [0.4, 0.5) is 0 Å². The Balaban J connectivity index is 2.93. The lowest BCUT2D eigenvalue weighted by atomic mass is 10.2. The first-order chi connectivity index (χ1) is 5.25. The molecule has 1 unspecified atom stereocenters. The van der Waals surface area contributed by atoms with Crippen LogP contribution in [0.1, 0.15) is 11.7 Å². The minimum Gasteiger partial charge on any atom is -0.387 e. The molecule has 0 spiro atoms. The molecule has 0 radical (unpaired) electrons. The Kier molecular flexibility index (Phi) is 3.12. The molecule has 1 atom stereocenters. The molecule has 1 heterocycles. The molecule has 0 aromatic carbocycles. The van der Waals surface area contributed by atoms with Crippen molar-refractivity contribution in [2.75, 3.05) is 5.88 Å². The predicted molar refractivity (Wildman–Crippen MR) is 44.9 cm³/mol. The SMILES string of the molecule is OC(CCl)c1ccncc1Cl. The zero-order valence-electron chi connectivity index (χ0n) is 5.67. The summed E-state index contributed by atoms with van der Waals surface area (Å²) in [5.41, 5.74) is 0.622. The van der Waals surface area contributed by atoms with Crippen molar-refractivity contribution < 1.29 is 5.11 Å². The Morgan fingerprint density at radius 3 is 2.91 bits per heavy atom. The highest BCUT2D eigenvalue weighted by molar-refractivity contribution is 6.31. The second kappa shape index (κ2) is 3.90. The summed E-state index contributed by atoms with van der Waals surface area (Å²) < 4.78 is 0. The molecule has 1 rings (SSSR count). The molecule has 0 bridgehead atoms. The zero-order chi connectivity index (χ0) is 8.27. The molecule has 0 aliphatic carbocycles. The number of halogens is 2. The molecule has 0 fully saturated rings. The van der Waals surface area contributed by atoms with Gasteiger partial charge in [0.2, 0.25) is 0 Å². The Morgan fingerprint density at radius 1 is 1.64 bits per heavy atom. The van der Waals surface area contributed by atoms with Gasteiger partial charge in [0.1, 0.15) is 0 Å². The monoisotopic (exact) mass is 191 g/mol. The molecule has 4 heteroatoms. The summed E-state index contributed by atoms with van der Waals surface area (Å²) in [6.07, 6.45) is 2.34. The standard InChI is InChI=1S/C7H7Cl2NO/c8-3-7(11)5-1-2-10-4-6(5)9/h1-2,4,7,11H,3H2. The van der Waals surface area contributed by atoms with Crippen molar-refractivity contribution >= 4 is 23.2 Å². The number of aromatic nitrogens is 1. The molecule has 0 saturated carbocycles. The molecular formula is C7H7Cl2NO. The number of nitrogens with zero attached hydrogens (tertiary/aromatic N) is 1. The van der Waals surface area contributed by atoms with Crippen LogP contribution >= 0.6 is 23.2 Å². The number of hydrogen-bond donors (Lipinski definition) is 1. The van der Waals surface area contributed by atoms with E-state index in [4.69, 9.17) is 23.2 Å². The lowest BCUT2D eigenvalue weighted by Gasteiger charge is -2.07. The average molecular weight is 192 g/mol. The van der Waals surface area contributed by atoms with E-state index < -0.39 is 6.10 Å². The van der Waals surface area contributed by atoms with Gasteiger partial charge in [0, 0.05) is 18.0 Å². The van der Waals surface area contributed by atoms with Crippen LogP contribution in [0, 0.1) is 0 Å². The molecular weight excluding hydrogens is 185 g/mol. The molecule has 0 amide bonds. The fourth-order valence-electron chi connectivity index (χ4n) is 0.739. The van der Waals surface area contributed by atoms with Crippen molar-refractivity contribution in [3.05, 3.63) is 29.0 Å². The highest BCUT2D eigenvalue weighted by Gasteiger charge is 2.08. The summed E-state index contributed by atoms with van der Waals surface area (Å²) >= 11 is 11.1. The first-order valence-electron chi connectivity index (χ1n) is 3.09. The minimum atomic E-state index is -0.702. The normalized spacial score (nSPS) is 13.0. The van der Waals surface area contributed by atoms with Gasteiger partial charge in [0.15, 0.2) is 0 Å². The van der Waals surface area contributed by atoms with Crippen LogP contribution in [0.3, 0.4) is 0 Å². The fourth-order valence-corrected chi connectivity index (χ4v) is 1.15. The van der Waals surface area contributed by atoms with Crippen LogP contribution < -0.4 is 0 Å². The van der Waals surface area contributed by atoms with E-state index in [-0.39, 0.29) is 5.88 Å². The van der Waals surface area contributed by atoms with Crippen LogP contribution in [-0.4, -0.2) is 16.0 Å². The molecule has 1 aromatic heterocycles. The van der Waals surface area contributed by atoms with Crippen molar-refractivity contribution in [2.45, 2.75) is 6.10 Å². The van der Waals surface area contributed by atoms with E-state index >= 15 is 0 Å². The Hall–Kier alpha value is -0.310. The number of rotatable bonds is 2. The first kappa shape index (κ1) is 8.78. The summed E-state index contributed by atoms with van der Waals surface area (Å²) in [4.78, 5) is 3.78. The molecule has 1 aromatic rings. The Labute approximate surface area is 74.8 Å².